The fraction of sp³-hybridized carbons (Fsp3) is 0.562. The molecule has 0 amide bonds. The molecule has 0 bridgehead atoms. The van der Waals surface area contributed by atoms with Crippen molar-refractivity contribution in [3.63, 3.8) is 0 Å². The third kappa shape index (κ3) is 3.69. The summed E-state index contributed by atoms with van der Waals surface area (Å²) in [6.45, 7) is 8.38. The predicted molar refractivity (Wildman–Crippen MR) is 73.6 cm³/mol. The van der Waals surface area contributed by atoms with E-state index in [1.165, 1.54) is 5.56 Å². The molecule has 0 aliphatic rings. The van der Waals surface area contributed by atoms with E-state index in [9.17, 15) is 4.79 Å². The van der Waals surface area contributed by atoms with Gasteiger partial charge < -0.3 is 0 Å². The first-order chi connectivity index (χ1) is 8.10. The van der Waals surface area contributed by atoms with Gasteiger partial charge in [0, 0.05) is 11.5 Å². The van der Waals surface area contributed by atoms with E-state index in [1.807, 2.05) is 19.9 Å². The highest BCUT2D eigenvalue weighted by atomic mass is 16.1. The summed E-state index contributed by atoms with van der Waals surface area (Å²) in [5.41, 5.74) is 3.21. The molecule has 0 aliphatic heterocycles. The lowest BCUT2D eigenvalue weighted by molar-refractivity contribution is 0.0904. The Balaban J connectivity index is 2.95. The van der Waals surface area contributed by atoms with E-state index in [0.29, 0.717) is 5.78 Å². The molecule has 94 valence electrons. The topological polar surface area (TPSA) is 17.1 Å². The molecule has 0 aliphatic carbocycles. The van der Waals surface area contributed by atoms with Crippen LogP contribution in [0.5, 0.6) is 0 Å². The first-order valence-electron chi connectivity index (χ1n) is 6.71. The summed E-state index contributed by atoms with van der Waals surface area (Å²) in [5, 5.41) is 0. The second-order valence-electron chi connectivity index (χ2n) is 4.96. The molecule has 0 N–H and O–H groups in total. The summed E-state index contributed by atoms with van der Waals surface area (Å²) in [7, 11) is 0. The number of Topliss-reactive ketones (excluding diaryl/α,β-unsaturated/α-hetero) is 1. The Morgan fingerprint density at radius 2 is 1.71 bits per heavy atom. The van der Waals surface area contributed by atoms with Crippen LogP contribution < -0.4 is 0 Å². The number of hydrogen-bond acceptors (Lipinski definition) is 1. The van der Waals surface area contributed by atoms with Crippen molar-refractivity contribution < 1.29 is 4.79 Å². The van der Waals surface area contributed by atoms with Crippen molar-refractivity contribution in [2.75, 3.05) is 0 Å². The molecule has 1 heteroatoms. The van der Waals surface area contributed by atoms with Gasteiger partial charge in [0.15, 0.2) is 5.78 Å². The van der Waals surface area contributed by atoms with Gasteiger partial charge in [-0.3, -0.25) is 4.79 Å². The molecule has 0 unspecified atom stereocenters. The van der Waals surface area contributed by atoms with Crippen molar-refractivity contribution in [2.24, 2.45) is 5.92 Å². The second kappa shape index (κ2) is 6.58. The Morgan fingerprint density at radius 1 is 1.12 bits per heavy atom. The van der Waals surface area contributed by atoms with Gasteiger partial charge in [-0.05, 0) is 38.3 Å². The molecule has 0 saturated carbocycles. The molecule has 0 spiro atoms. The first kappa shape index (κ1) is 14.0. The minimum atomic E-state index is 0.213. The Kier molecular flexibility index (Phi) is 5.40. The van der Waals surface area contributed by atoms with Crippen LogP contribution in [0.2, 0.25) is 0 Å². The molecule has 1 nitrogen and oxygen atoms in total. The SMILES string of the molecule is CCCC(CCC)C(=O)c1cc(C)ccc1C. The van der Waals surface area contributed by atoms with Crippen molar-refractivity contribution in [3.8, 4) is 0 Å². The van der Waals surface area contributed by atoms with Crippen LogP contribution in [-0.4, -0.2) is 5.78 Å². The maximum Gasteiger partial charge on any atom is 0.166 e. The number of hydrogen-bond donors (Lipinski definition) is 0. The molecule has 17 heavy (non-hydrogen) atoms. The molecule has 1 aromatic carbocycles. The van der Waals surface area contributed by atoms with Gasteiger partial charge in [0.2, 0.25) is 0 Å². The Morgan fingerprint density at radius 3 is 2.24 bits per heavy atom. The maximum atomic E-state index is 12.5. The first-order valence-corrected chi connectivity index (χ1v) is 6.71. The highest BCUT2D eigenvalue weighted by molar-refractivity contribution is 5.99. The van der Waals surface area contributed by atoms with E-state index in [0.717, 1.165) is 36.8 Å². The number of carbonyl (C=O) groups excluding carboxylic acids is 1. The summed E-state index contributed by atoms with van der Waals surface area (Å²) >= 11 is 0. The quantitative estimate of drug-likeness (QED) is 0.650. The van der Waals surface area contributed by atoms with E-state index < -0.39 is 0 Å². The highest BCUT2D eigenvalue weighted by Gasteiger charge is 2.19. The summed E-state index contributed by atoms with van der Waals surface area (Å²) in [6.07, 6.45) is 4.20. The summed E-state index contributed by atoms with van der Waals surface area (Å²) in [5.74, 6) is 0.556. The summed E-state index contributed by atoms with van der Waals surface area (Å²) in [6, 6.07) is 6.16. The van der Waals surface area contributed by atoms with Gasteiger partial charge in [0.25, 0.3) is 0 Å². The van der Waals surface area contributed by atoms with E-state index in [1.54, 1.807) is 0 Å². The predicted octanol–water partition coefficient (Wildman–Crippen LogP) is 4.70. The lowest BCUT2D eigenvalue weighted by Gasteiger charge is -2.16. The standard InChI is InChI=1S/C16H24O/c1-5-7-14(8-6-2)16(17)15-11-12(3)9-10-13(15)4/h9-11,14H,5-8H2,1-4H3. The van der Waals surface area contributed by atoms with Gasteiger partial charge in [-0.25, -0.2) is 0 Å². The van der Waals surface area contributed by atoms with Gasteiger partial charge in [-0.2, -0.15) is 0 Å². The van der Waals surface area contributed by atoms with Crippen LogP contribution in [0.25, 0.3) is 0 Å². The summed E-state index contributed by atoms with van der Waals surface area (Å²) < 4.78 is 0. The van der Waals surface area contributed by atoms with E-state index in [2.05, 4.69) is 26.0 Å². The van der Waals surface area contributed by atoms with Gasteiger partial charge in [0.1, 0.15) is 0 Å². The molecule has 0 aromatic heterocycles. The Hall–Kier alpha value is -1.11. The third-order valence-electron chi connectivity index (χ3n) is 3.30. The van der Waals surface area contributed by atoms with Crippen LogP contribution in [-0.2, 0) is 0 Å². The zero-order valence-corrected chi connectivity index (χ0v) is 11.5. The lowest BCUT2D eigenvalue weighted by Crippen LogP contribution is -2.16. The van der Waals surface area contributed by atoms with Crippen molar-refractivity contribution >= 4 is 5.78 Å². The van der Waals surface area contributed by atoms with Gasteiger partial charge >= 0.3 is 0 Å². The van der Waals surface area contributed by atoms with Crippen LogP contribution >= 0.6 is 0 Å². The van der Waals surface area contributed by atoms with E-state index in [-0.39, 0.29) is 5.92 Å². The second-order valence-corrected chi connectivity index (χ2v) is 4.96. The molecular formula is C16H24O. The van der Waals surface area contributed by atoms with Crippen molar-refractivity contribution in [2.45, 2.75) is 53.4 Å². The molecule has 0 atom stereocenters. The Labute approximate surface area is 105 Å². The van der Waals surface area contributed by atoms with Crippen molar-refractivity contribution in [1.29, 1.82) is 0 Å². The molecule has 1 aromatic rings. The fourth-order valence-corrected chi connectivity index (χ4v) is 2.32. The highest BCUT2D eigenvalue weighted by Crippen LogP contribution is 2.22. The van der Waals surface area contributed by atoms with Crippen molar-refractivity contribution in [1.82, 2.24) is 0 Å². The molecule has 0 fully saturated rings. The van der Waals surface area contributed by atoms with E-state index in [4.69, 9.17) is 0 Å². The van der Waals surface area contributed by atoms with Crippen LogP contribution in [0.4, 0.5) is 0 Å². The number of carbonyl (C=O) groups is 1. The smallest absolute Gasteiger partial charge is 0.166 e. The Bertz CT molecular complexity index is 373. The maximum absolute atomic E-state index is 12.5. The minimum absolute atomic E-state index is 0.213. The number of ketones is 1. The minimum Gasteiger partial charge on any atom is -0.294 e. The average Bonchev–Trinajstić information content (AvgIpc) is 2.31. The van der Waals surface area contributed by atoms with Gasteiger partial charge in [-0.1, -0.05) is 44.4 Å². The zero-order valence-electron chi connectivity index (χ0n) is 11.5. The largest absolute Gasteiger partial charge is 0.294 e. The molecule has 1 rings (SSSR count). The average molecular weight is 232 g/mol. The zero-order chi connectivity index (χ0) is 12.8. The monoisotopic (exact) mass is 232 g/mol. The van der Waals surface area contributed by atoms with Crippen LogP contribution in [0.3, 0.4) is 0 Å². The van der Waals surface area contributed by atoms with Crippen LogP contribution in [0.1, 0.15) is 61.0 Å². The number of aryl methyl sites for hydroxylation is 2. The molecule has 0 radical (unpaired) electrons. The molecule has 0 heterocycles. The van der Waals surface area contributed by atoms with E-state index >= 15 is 0 Å². The van der Waals surface area contributed by atoms with Crippen LogP contribution in [0.15, 0.2) is 18.2 Å². The molecular weight excluding hydrogens is 208 g/mol. The third-order valence-corrected chi connectivity index (χ3v) is 3.30. The summed E-state index contributed by atoms with van der Waals surface area (Å²) in [4.78, 5) is 12.5. The van der Waals surface area contributed by atoms with Crippen molar-refractivity contribution in [3.05, 3.63) is 34.9 Å². The number of rotatable bonds is 6. The normalized spacial score (nSPS) is 10.9. The fourth-order valence-electron chi connectivity index (χ4n) is 2.32. The van der Waals surface area contributed by atoms with Gasteiger partial charge in [0.05, 0.1) is 0 Å². The number of benzene rings is 1. The lowest BCUT2D eigenvalue weighted by atomic mass is 9.87. The van der Waals surface area contributed by atoms with Gasteiger partial charge in [-0.15, -0.1) is 0 Å². The molecule has 0 saturated heterocycles. The van der Waals surface area contributed by atoms with Crippen LogP contribution in [0, 0.1) is 19.8 Å².